The molecule has 2 aromatic carbocycles. The second-order valence-corrected chi connectivity index (χ2v) is 7.61. The van der Waals surface area contributed by atoms with E-state index in [4.69, 9.17) is 17.3 Å². The van der Waals surface area contributed by atoms with Gasteiger partial charge < -0.3 is 20.9 Å². The summed E-state index contributed by atoms with van der Waals surface area (Å²) in [5.41, 5.74) is 6.13. The number of nitrogens with zero attached hydrogens (tertiary/aromatic N) is 4. The first-order valence-corrected chi connectivity index (χ1v) is 10.1. The monoisotopic (exact) mass is 466 g/mol. The van der Waals surface area contributed by atoms with Crippen molar-refractivity contribution in [3.05, 3.63) is 65.2 Å². The van der Waals surface area contributed by atoms with E-state index < -0.39 is 11.7 Å². The molecule has 1 aromatic heterocycles. The fraction of sp³-hybridized carbons (Fsp3) is 0.238. The first-order chi connectivity index (χ1) is 15.2. The number of aromatic nitrogens is 2. The van der Waals surface area contributed by atoms with Crippen LogP contribution in [0.2, 0.25) is 5.02 Å². The van der Waals surface area contributed by atoms with Crippen LogP contribution in [-0.2, 0) is 6.18 Å². The molecule has 3 N–H and O–H groups in total. The molecule has 3 aromatic rings. The molecule has 0 aliphatic carbocycles. The molecule has 2 heterocycles. The van der Waals surface area contributed by atoms with Crippen molar-refractivity contribution in [1.29, 1.82) is 0 Å². The summed E-state index contributed by atoms with van der Waals surface area (Å²) < 4.78 is 53.2. The van der Waals surface area contributed by atoms with Crippen LogP contribution in [0.1, 0.15) is 5.56 Å². The van der Waals surface area contributed by atoms with E-state index in [1.165, 1.54) is 12.4 Å². The molecular weight excluding hydrogens is 448 g/mol. The van der Waals surface area contributed by atoms with Gasteiger partial charge in [-0.05, 0) is 30.3 Å². The SMILES string of the molecule is Nc1c(Nc2cc(C(F)(F)F)ccc2Cl)ncnc1N1CCN(c2ccccc2F)CC1. The Hall–Kier alpha value is -3.27. The lowest BCUT2D eigenvalue weighted by Crippen LogP contribution is -2.47. The zero-order valence-corrected chi connectivity index (χ0v) is 17.5. The van der Waals surface area contributed by atoms with Crippen molar-refractivity contribution in [2.75, 3.05) is 47.0 Å². The smallest absolute Gasteiger partial charge is 0.393 e. The second-order valence-electron chi connectivity index (χ2n) is 7.20. The lowest BCUT2D eigenvalue weighted by molar-refractivity contribution is -0.137. The lowest BCUT2D eigenvalue weighted by atomic mass is 10.2. The van der Waals surface area contributed by atoms with E-state index in [0.29, 0.717) is 37.7 Å². The average Bonchev–Trinajstić information content (AvgIpc) is 2.76. The summed E-state index contributed by atoms with van der Waals surface area (Å²) in [5.74, 6) is 0.304. The number of nitrogens with one attached hydrogen (secondary N) is 1. The highest BCUT2D eigenvalue weighted by atomic mass is 35.5. The van der Waals surface area contributed by atoms with Crippen LogP contribution >= 0.6 is 11.6 Å². The van der Waals surface area contributed by atoms with Gasteiger partial charge >= 0.3 is 6.18 Å². The number of rotatable bonds is 4. The summed E-state index contributed by atoms with van der Waals surface area (Å²) in [6, 6.07) is 9.53. The Morgan fingerprint density at radius 2 is 1.66 bits per heavy atom. The Balaban J connectivity index is 1.52. The number of nitrogen functional groups attached to an aromatic ring is 1. The summed E-state index contributed by atoms with van der Waals surface area (Å²) in [7, 11) is 0. The largest absolute Gasteiger partial charge is 0.416 e. The quantitative estimate of drug-likeness (QED) is 0.531. The van der Waals surface area contributed by atoms with Gasteiger partial charge in [-0.3, -0.25) is 0 Å². The highest BCUT2D eigenvalue weighted by Crippen LogP contribution is 2.36. The lowest BCUT2D eigenvalue weighted by Gasteiger charge is -2.37. The molecule has 168 valence electrons. The normalized spacial score (nSPS) is 14.5. The Kier molecular flexibility index (Phi) is 5.96. The van der Waals surface area contributed by atoms with Crippen LogP contribution in [-0.4, -0.2) is 36.1 Å². The molecular formula is C21H19ClF4N6. The fourth-order valence-corrected chi connectivity index (χ4v) is 3.69. The van der Waals surface area contributed by atoms with E-state index in [-0.39, 0.29) is 28.0 Å². The van der Waals surface area contributed by atoms with Crippen molar-refractivity contribution in [3.63, 3.8) is 0 Å². The van der Waals surface area contributed by atoms with Gasteiger partial charge in [-0.1, -0.05) is 23.7 Å². The molecule has 0 unspecified atom stereocenters. The van der Waals surface area contributed by atoms with Gasteiger partial charge in [0.25, 0.3) is 0 Å². The van der Waals surface area contributed by atoms with Crippen LogP contribution in [0.15, 0.2) is 48.8 Å². The van der Waals surface area contributed by atoms with E-state index in [1.807, 2.05) is 9.80 Å². The molecule has 1 saturated heterocycles. The number of para-hydroxylation sites is 1. The third kappa shape index (κ3) is 4.50. The van der Waals surface area contributed by atoms with Gasteiger partial charge in [0, 0.05) is 26.2 Å². The summed E-state index contributed by atoms with van der Waals surface area (Å²) in [6.07, 6.45) is -3.24. The zero-order chi connectivity index (χ0) is 22.9. The van der Waals surface area contributed by atoms with Crippen LogP contribution in [0.4, 0.5) is 46.3 Å². The van der Waals surface area contributed by atoms with Crippen molar-refractivity contribution in [2.45, 2.75) is 6.18 Å². The summed E-state index contributed by atoms with van der Waals surface area (Å²) >= 11 is 6.06. The maximum absolute atomic E-state index is 14.1. The molecule has 1 aliphatic rings. The van der Waals surface area contributed by atoms with Crippen molar-refractivity contribution in [2.24, 2.45) is 0 Å². The van der Waals surface area contributed by atoms with Crippen LogP contribution in [0.5, 0.6) is 0 Å². The van der Waals surface area contributed by atoms with Gasteiger partial charge in [-0.2, -0.15) is 13.2 Å². The zero-order valence-electron chi connectivity index (χ0n) is 16.7. The first kappa shape index (κ1) is 21.9. The molecule has 0 saturated carbocycles. The van der Waals surface area contributed by atoms with Crippen molar-refractivity contribution < 1.29 is 17.6 Å². The Morgan fingerprint density at radius 3 is 2.34 bits per heavy atom. The second kappa shape index (κ2) is 8.70. The molecule has 1 fully saturated rings. The molecule has 6 nitrogen and oxygen atoms in total. The minimum absolute atomic E-state index is 0.0298. The number of halogens is 5. The fourth-order valence-electron chi connectivity index (χ4n) is 3.53. The number of alkyl halides is 3. The predicted octanol–water partition coefficient (Wildman–Crippen LogP) is 4.94. The van der Waals surface area contributed by atoms with Gasteiger partial charge in [0.2, 0.25) is 0 Å². The summed E-state index contributed by atoms with van der Waals surface area (Å²) in [6.45, 7) is 2.15. The average molecular weight is 467 g/mol. The molecule has 32 heavy (non-hydrogen) atoms. The topological polar surface area (TPSA) is 70.3 Å². The molecule has 11 heteroatoms. The standard InChI is InChI=1S/C21H19ClF4N6/c22-14-6-5-13(21(24,25)26)11-16(14)30-19-18(27)20(29-12-28-19)32-9-7-31(8-10-32)17-4-2-1-3-15(17)23/h1-6,11-12H,7-10,27H2,(H,28,29,30). The third-order valence-corrected chi connectivity index (χ3v) is 5.51. The molecule has 1 aliphatic heterocycles. The van der Waals surface area contributed by atoms with Gasteiger partial charge in [-0.15, -0.1) is 0 Å². The van der Waals surface area contributed by atoms with E-state index in [1.54, 1.807) is 18.2 Å². The first-order valence-electron chi connectivity index (χ1n) is 9.72. The Morgan fingerprint density at radius 1 is 0.969 bits per heavy atom. The van der Waals surface area contributed by atoms with E-state index in [2.05, 4.69) is 15.3 Å². The minimum atomic E-state index is -4.51. The van der Waals surface area contributed by atoms with Crippen molar-refractivity contribution in [1.82, 2.24) is 9.97 Å². The van der Waals surface area contributed by atoms with Gasteiger partial charge in [0.1, 0.15) is 17.8 Å². The van der Waals surface area contributed by atoms with Gasteiger partial charge in [0.15, 0.2) is 11.6 Å². The van der Waals surface area contributed by atoms with Gasteiger partial charge in [0.05, 0.1) is 22.0 Å². The summed E-state index contributed by atoms with van der Waals surface area (Å²) in [5, 5.41) is 2.87. The number of anilines is 5. The molecule has 0 radical (unpaired) electrons. The molecule has 0 spiro atoms. The predicted molar refractivity (Wildman–Crippen MR) is 117 cm³/mol. The van der Waals surface area contributed by atoms with E-state index >= 15 is 0 Å². The highest BCUT2D eigenvalue weighted by Gasteiger charge is 2.31. The van der Waals surface area contributed by atoms with E-state index in [9.17, 15) is 17.6 Å². The van der Waals surface area contributed by atoms with Crippen LogP contribution in [0.3, 0.4) is 0 Å². The summed E-state index contributed by atoms with van der Waals surface area (Å²) in [4.78, 5) is 12.2. The maximum atomic E-state index is 14.1. The number of benzene rings is 2. The Bertz CT molecular complexity index is 1120. The van der Waals surface area contributed by atoms with Crippen LogP contribution < -0.4 is 20.9 Å². The Labute approximate surface area is 186 Å². The number of hydrogen-bond acceptors (Lipinski definition) is 6. The number of hydrogen-bond donors (Lipinski definition) is 2. The third-order valence-electron chi connectivity index (χ3n) is 5.18. The van der Waals surface area contributed by atoms with Gasteiger partial charge in [-0.25, -0.2) is 14.4 Å². The molecule has 4 rings (SSSR count). The van der Waals surface area contributed by atoms with E-state index in [0.717, 1.165) is 18.2 Å². The van der Waals surface area contributed by atoms with Crippen molar-refractivity contribution in [3.8, 4) is 0 Å². The van der Waals surface area contributed by atoms with Crippen molar-refractivity contribution >= 4 is 40.3 Å². The highest BCUT2D eigenvalue weighted by molar-refractivity contribution is 6.33. The molecule has 0 bridgehead atoms. The number of piperazine rings is 1. The molecule has 0 atom stereocenters. The van der Waals surface area contributed by atoms with Crippen LogP contribution in [0.25, 0.3) is 0 Å². The minimum Gasteiger partial charge on any atom is -0.393 e. The van der Waals surface area contributed by atoms with Crippen LogP contribution in [0, 0.1) is 5.82 Å². The maximum Gasteiger partial charge on any atom is 0.416 e. The number of nitrogens with two attached hydrogens (primary N) is 1. The molecule has 0 amide bonds.